The first-order chi connectivity index (χ1) is 12.3. The number of urea groups is 1. The molecule has 2 N–H and O–H groups in total. The number of carbonyl (C=O) groups is 1. The van der Waals surface area contributed by atoms with Crippen molar-refractivity contribution in [1.29, 1.82) is 0 Å². The number of ether oxygens (including phenoxy) is 3. The van der Waals surface area contributed by atoms with E-state index in [1.807, 2.05) is 0 Å². The normalized spacial score (nSPS) is 10.8. The van der Waals surface area contributed by atoms with Crippen LogP contribution < -0.4 is 24.8 Å². The highest BCUT2D eigenvalue weighted by Crippen LogP contribution is 2.25. The Labute approximate surface area is 147 Å². The minimum absolute atomic E-state index is 0.160. The van der Waals surface area contributed by atoms with Crippen molar-refractivity contribution in [3.8, 4) is 17.2 Å². The maximum atomic E-state index is 12.2. The molecule has 2 aromatic rings. The van der Waals surface area contributed by atoms with E-state index in [4.69, 9.17) is 9.47 Å². The zero-order valence-corrected chi connectivity index (χ0v) is 14.0. The Morgan fingerprint density at radius 3 is 2.23 bits per heavy atom. The van der Waals surface area contributed by atoms with E-state index in [1.54, 1.807) is 18.2 Å². The molecule has 0 atom stereocenters. The molecule has 0 aliphatic rings. The highest BCUT2D eigenvalue weighted by atomic mass is 19.4. The van der Waals surface area contributed by atoms with E-state index in [1.165, 1.54) is 26.4 Å². The lowest BCUT2D eigenvalue weighted by atomic mass is 10.2. The number of alkyl halides is 3. The lowest BCUT2D eigenvalue weighted by Gasteiger charge is -2.12. The molecule has 0 radical (unpaired) electrons. The van der Waals surface area contributed by atoms with Crippen LogP contribution in [0.15, 0.2) is 42.5 Å². The highest BCUT2D eigenvalue weighted by Gasteiger charge is 2.31. The molecule has 0 bridgehead atoms. The van der Waals surface area contributed by atoms with Gasteiger partial charge in [0, 0.05) is 24.4 Å². The number of carbonyl (C=O) groups excluding carboxylic acids is 1. The van der Waals surface area contributed by atoms with Crippen molar-refractivity contribution in [3.05, 3.63) is 48.0 Å². The first-order valence-electron chi connectivity index (χ1n) is 7.41. The lowest BCUT2D eigenvalue weighted by Crippen LogP contribution is -2.28. The second kappa shape index (κ2) is 8.32. The third-order valence-corrected chi connectivity index (χ3v) is 3.19. The Hall–Kier alpha value is -3.10. The molecule has 0 unspecified atom stereocenters. The van der Waals surface area contributed by atoms with Gasteiger partial charge in [0.1, 0.15) is 17.2 Å². The smallest absolute Gasteiger partial charge is 0.497 e. The van der Waals surface area contributed by atoms with Crippen molar-refractivity contribution in [2.45, 2.75) is 12.9 Å². The minimum Gasteiger partial charge on any atom is -0.497 e. The van der Waals surface area contributed by atoms with Crippen LogP contribution in [0.25, 0.3) is 0 Å². The van der Waals surface area contributed by atoms with Gasteiger partial charge in [-0.15, -0.1) is 13.2 Å². The molecule has 0 aromatic heterocycles. The number of halogens is 3. The standard InChI is InChI=1S/C17H17F3N2O4/c1-24-14-6-11(7-15(9-14)25-2)10-21-16(23)22-12-4-3-5-13(8-12)26-17(18,19)20/h3-9H,10H2,1-2H3,(H2,21,22,23). The van der Waals surface area contributed by atoms with Crippen LogP contribution in [0, 0.1) is 0 Å². The van der Waals surface area contributed by atoms with Crippen LogP contribution in [0.2, 0.25) is 0 Å². The first kappa shape index (κ1) is 19.2. The van der Waals surface area contributed by atoms with Gasteiger partial charge in [-0.05, 0) is 29.8 Å². The van der Waals surface area contributed by atoms with Gasteiger partial charge in [0.15, 0.2) is 0 Å². The Morgan fingerprint density at radius 1 is 1.00 bits per heavy atom. The minimum atomic E-state index is -4.80. The maximum Gasteiger partial charge on any atom is 0.573 e. The molecule has 0 aliphatic heterocycles. The van der Waals surface area contributed by atoms with Crippen molar-refractivity contribution >= 4 is 11.7 Å². The van der Waals surface area contributed by atoms with Crippen molar-refractivity contribution in [2.24, 2.45) is 0 Å². The summed E-state index contributed by atoms with van der Waals surface area (Å²) in [6.45, 7) is 0.165. The number of hydrogen-bond donors (Lipinski definition) is 2. The Balaban J connectivity index is 1.96. The van der Waals surface area contributed by atoms with Crippen molar-refractivity contribution in [1.82, 2.24) is 5.32 Å². The van der Waals surface area contributed by atoms with Crippen LogP contribution >= 0.6 is 0 Å². The van der Waals surface area contributed by atoms with Gasteiger partial charge in [0.05, 0.1) is 14.2 Å². The second-order valence-corrected chi connectivity index (χ2v) is 5.10. The molecule has 0 heterocycles. The van der Waals surface area contributed by atoms with Gasteiger partial charge in [0.2, 0.25) is 0 Å². The zero-order valence-electron chi connectivity index (χ0n) is 14.0. The number of anilines is 1. The van der Waals surface area contributed by atoms with Gasteiger partial charge in [-0.2, -0.15) is 0 Å². The second-order valence-electron chi connectivity index (χ2n) is 5.10. The fourth-order valence-corrected chi connectivity index (χ4v) is 2.10. The number of benzene rings is 2. The third kappa shape index (κ3) is 6.08. The van der Waals surface area contributed by atoms with E-state index >= 15 is 0 Å². The molecular weight excluding hydrogens is 353 g/mol. The average Bonchev–Trinajstić information content (AvgIpc) is 2.58. The van der Waals surface area contributed by atoms with E-state index < -0.39 is 18.1 Å². The van der Waals surface area contributed by atoms with Gasteiger partial charge < -0.3 is 24.8 Å². The molecule has 9 heteroatoms. The summed E-state index contributed by atoms with van der Waals surface area (Å²) in [5.74, 6) is 0.713. The van der Waals surface area contributed by atoms with Gasteiger partial charge in [-0.1, -0.05) is 6.07 Å². The summed E-state index contributed by atoms with van der Waals surface area (Å²) < 4.78 is 50.8. The van der Waals surface area contributed by atoms with Gasteiger partial charge >= 0.3 is 12.4 Å². The van der Waals surface area contributed by atoms with Crippen molar-refractivity contribution in [3.63, 3.8) is 0 Å². The summed E-state index contributed by atoms with van der Waals surface area (Å²) in [6, 6.07) is 9.54. The maximum absolute atomic E-state index is 12.2. The topological polar surface area (TPSA) is 68.8 Å². The van der Waals surface area contributed by atoms with Crippen LogP contribution in [0.3, 0.4) is 0 Å². The van der Waals surface area contributed by atoms with Crippen LogP contribution in [0.1, 0.15) is 5.56 Å². The van der Waals surface area contributed by atoms with E-state index in [0.717, 1.165) is 17.7 Å². The molecule has 0 fully saturated rings. The van der Waals surface area contributed by atoms with Gasteiger partial charge in [0.25, 0.3) is 0 Å². The lowest BCUT2D eigenvalue weighted by molar-refractivity contribution is -0.274. The van der Waals surface area contributed by atoms with Crippen LogP contribution in [-0.4, -0.2) is 26.6 Å². The Bertz CT molecular complexity index is 744. The molecule has 140 valence electrons. The Kier molecular flexibility index (Phi) is 6.16. The molecule has 2 aromatic carbocycles. The van der Waals surface area contributed by atoms with Crippen molar-refractivity contribution in [2.75, 3.05) is 19.5 Å². The average molecular weight is 370 g/mol. The molecule has 0 aliphatic carbocycles. The van der Waals surface area contributed by atoms with E-state index in [0.29, 0.717) is 11.5 Å². The largest absolute Gasteiger partial charge is 0.573 e. The summed E-state index contributed by atoms with van der Waals surface area (Å²) in [6.07, 6.45) is -4.80. The molecule has 26 heavy (non-hydrogen) atoms. The molecule has 6 nitrogen and oxygen atoms in total. The SMILES string of the molecule is COc1cc(CNC(=O)Nc2cccc(OC(F)(F)F)c2)cc(OC)c1. The fourth-order valence-electron chi connectivity index (χ4n) is 2.10. The number of nitrogens with one attached hydrogen (secondary N) is 2. The first-order valence-corrected chi connectivity index (χ1v) is 7.41. The zero-order chi connectivity index (χ0) is 19.2. The summed E-state index contributed by atoms with van der Waals surface area (Å²) in [5, 5.41) is 5.03. The molecule has 0 spiro atoms. The molecule has 2 rings (SSSR count). The predicted octanol–water partition coefficient (Wildman–Crippen LogP) is 3.92. The fraction of sp³-hybridized carbons (Fsp3) is 0.235. The van der Waals surface area contributed by atoms with E-state index in [2.05, 4.69) is 15.4 Å². The quantitative estimate of drug-likeness (QED) is 0.809. The number of hydrogen-bond acceptors (Lipinski definition) is 4. The van der Waals surface area contributed by atoms with E-state index in [9.17, 15) is 18.0 Å². The van der Waals surface area contributed by atoms with Gasteiger partial charge in [-0.3, -0.25) is 0 Å². The van der Waals surface area contributed by atoms with Crippen molar-refractivity contribution < 1.29 is 32.2 Å². The van der Waals surface area contributed by atoms with E-state index in [-0.39, 0.29) is 12.2 Å². The highest BCUT2D eigenvalue weighted by molar-refractivity contribution is 5.89. The number of rotatable bonds is 6. The van der Waals surface area contributed by atoms with Gasteiger partial charge in [-0.25, -0.2) is 4.79 Å². The van der Waals surface area contributed by atoms with Crippen LogP contribution in [-0.2, 0) is 6.54 Å². The predicted molar refractivity (Wildman–Crippen MR) is 88.5 cm³/mol. The number of methoxy groups -OCH3 is 2. The third-order valence-electron chi connectivity index (χ3n) is 3.19. The summed E-state index contributed by atoms with van der Waals surface area (Å²) in [4.78, 5) is 11.9. The summed E-state index contributed by atoms with van der Waals surface area (Å²) in [5.41, 5.74) is 0.887. The summed E-state index contributed by atoms with van der Waals surface area (Å²) >= 11 is 0. The monoisotopic (exact) mass is 370 g/mol. The number of amides is 2. The molecular formula is C17H17F3N2O4. The molecule has 0 saturated heterocycles. The molecule has 2 amide bonds. The summed E-state index contributed by atoms with van der Waals surface area (Å²) in [7, 11) is 3.02. The Morgan fingerprint density at radius 2 is 1.65 bits per heavy atom. The van der Waals surface area contributed by atoms with Crippen LogP contribution in [0.4, 0.5) is 23.7 Å². The molecule has 0 saturated carbocycles. The van der Waals surface area contributed by atoms with Crippen LogP contribution in [0.5, 0.6) is 17.2 Å².